The quantitative estimate of drug-likeness (QED) is 0.445. The molecule has 8 nitrogen and oxygen atoms in total. The van der Waals surface area contributed by atoms with Crippen molar-refractivity contribution in [3.05, 3.63) is 40.2 Å². The molecule has 1 saturated carbocycles. The number of fused-ring (bicyclic) bond motifs is 1. The van der Waals surface area contributed by atoms with Gasteiger partial charge in [-0.05, 0) is 43.4 Å². The summed E-state index contributed by atoms with van der Waals surface area (Å²) in [5.74, 6) is 0.00620. The molecule has 1 heterocycles. The highest BCUT2D eigenvalue weighted by Crippen LogP contribution is 2.31. The number of hydrogen-bond acceptors (Lipinski definition) is 6. The molecule has 1 amide bonds. The van der Waals surface area contributed by atoms with Crippen LogP contribution in [0.1, 0.15) is 49.4 Å². The minimum absolute atomic E-state index is 0.0326. The van der Waals surface area contributed by atoms with Crippen molar-refractivity contribution in [2.45, 2.75) is 57.4 Å². The number of aliphatic hydroxyl groups is 2. The number of benzene rings is 1. The molecule has 0 bridgehead atoms. The number of amides is 1. The van der Waals surface area contributed by atoms with Crippen LogP contribution in [0.15, 0.2) is 29.1 Å². The highest BCUT2D eigenvalue weighted by Gasteiger charge is 2.40. The van der Waals surface area contributed by atoms with Crippen LogP contribution in [0.5, 0.6) is 5.75 Å². The average molecular weight is 418 g/mol. The topological polar surface area (TPSA) is 110 Å². The lowest BCUT2D eigenvalue weighted by atomic mass is 9.81. The van der Waals surface area contributed by atoms with E-state index >= 15 is 0 Å². The molecule has 0 spiro atoms. The number of nitrogens with one attached hydrogen (secondary N) is 1. The Morgan fingerprint density at radius 2 is 1.97 bits per heavy atom. The molecular weight excluding hydrogens is 388 g/mol. The Balaban J connectivity index is 2.03. The molecule has 0 radical (unpaired) electrons. The number of ether oxygens (including phenoxy) is 2. The summed E-state index contributed by atoms with van der Waals surface area (Å²) in [5, 5.41) is 23.4. The second-order valence-corrected chi connectivity index (χ2v) is 7.68. The highest BCUT2D eigenvalue weighted by atomic mass is 16.5. The number of rotatable bonds is 8. The van der Waals surface area contributed by atoms with Gasteiger partial charge in [0.15, 0.2) is 6.29 Å². The Morgan fingerprint density at radius 3 is 2.60 bits per heavy atom. The van der Waals surface area contributed by atoms with Crippen LogP contribution >= 0.6 is 0 Å². The lowest BCUT2D eigenvalue weighted by Gasteiger charge is -2.39. The van der Waals surface area contributed by atoms with E-state index in [4.69, 9.17) is 9.47 Å². The molecular formula is C22H30N2O6. The predicted octanol–water partition coefficient (Wildman–Crippen LogP) is 1.79. The van der Waals surface area contributed by atoms with Crippen molar-refractivity contribution >= 4 is 16.8 Å². The third-order valence-electron chi connectivity index (χ3n) is 5.81. The van der Waals surface area contributed by atoms with Crippen molar-refractivity contribution in [1.29, 1.82) is 0 Å². The van der Waals surface area contributed by atoms with Crippen molar-refractivity contribution < 1.29 is 24.5 Å². The molecule has 1 aliphatic rings. The van der Waals surface area contributed by atoms with Crippen LogP contribution in [0.4, 0.5) is 0 Å². The van der Waals surface area contributed by atoms with Gasteiger partial charge in [0.25, 0.3) is 11.5 Å². The van der Waals surface area contributed by atoms with E-state index in [2.05, 4.69) is 5.32 Å². The lowest BCUT2D eigenvalue weighted by Crippen LogP contribution is -2.58. The molecule has 3 N–H and O–H groups in total. The minimum atomic E-state index is -1.69. The molecule has 1 aliphatic carbocycles. The number of nitrogens with zero attached hydrogens (tertiary/aromatic N) is 1. The van der Waals surface area contributed by atoms with Crippen molar-refractivity contribution in [3.8, 4) is 5.75 Å². The molecule has 3 rings (SSSR count). The smallest absolute Gasteiger partial charge is 0.263 e. The molecule has 1 aromatic carbocycles. The summed E-state index contributed by atoms with van der Waals surface area (Å²) in [7, 11) is 1.55. The summed E-state index contributed by atoms with van der Waals surface area (Å²) in [5.41, 5.74) is -0.974. The molecule has 0 aliphatic heterocycles. The number of hydrogen-bond donors (Lipinski definition) is 3. The van der Waals surface area contributed by atoms with E-state index < -0.39 is 23.3 Å². The number of aromatic nitrogens is 1. The van der Waals surface area contributed by atoms with Crippen LogP contribution in [0.25, 0.3) is 10.9 Å². The monoisotopic (exact) mass is 418 g/mol. The molecule has 2 aromatic rings. The van der Waals surface area contributed by atoms with Crippen LogP contribution in [-0.4, -0.2) is 52.8 Å². The van der Waals surface area contributed by atoms with Gasteiger partial charge in [0.2, 0.25) is 0 Å². The molecule has 0 saturated heterocycles. The maximum Gasteiger partial charge on any atom is 0.263 e. The Bertz CT molecular complexity index is 947. The Kier molecular flexibility index (Phi) is 7.12. The van der Waals surface area contributed by atoms with Gasteiger partial charge in [-0.1, -0.05) is 19.3 Å². The molecule has 0 atom stereocenters. The summed E-state index contributed by atoms with van der Waals surface area (Å²) in [6.45, 7) is 3.00. The zero-order valence-electron chi connectivity index (χ0n) is 17.5. The second-order valence-electron chi connectivity index (χ2n) is 7.68. The Morgan fingerprint density at radius 1 is 1.23 bits per heavy atom. The van der Waals surface area contributed by atoms with Crippen LogP contribution < -0.4 is 15.6 Å². The highest BCUT2D eigenvalue weighted by molar-refractivity contribution is 5.98. The van der Waals surface area contributed by atoms with Gasteiger partial charge in [-0.3, -0.25) is 9.59 Å². The Hall–Kier alpha value is -2.42. The van der Waals surface area contributed by atoms with Gasteiger partial charge in [0.1, 0.15) is 11.3 Å². The maximum atomic E-state index is 13.2. The molecule has 164 valence electrons. The third kappa shape index (κ3) is 4.50. The first kappa shape index (κ1) is 22.3. The first-order valence-corrected chi connectivity index (χ1v) is 10.4. The minimum Gasteiger partial charge on any atom is -0.497 e. The van der Waals surface area contributed by atoms with Gasteiger partial charge in [-0.25, -0.2) is 0 Å². The number of methoxy groups -OCH3 is 1. The van der Waals surface area contributed by atoms with Gasteiger partial charge >= 0.3 is 0 Å². The Labute approximate surface area is 175 Å². The van der Waals surface area contributed by atoms with Crippen molar-refractivity contribution in [2.75, 3.05) is 20.3 Å². The molecule has 8 heteroatoms. The van der Waals surface area contributed by atoms with E-state index in [1.54, 1.807) is 31.4 Å². The predicted molar refractivity (Wildman–Crippen MR) is 113 cm³/mol. The summed E-state index contributed by atoms with van der Waals surface area (Å²) < 4.78 is 12.2. The van der Waals surface area contributed by atoms with Crippen molar-refractivity contribution in [1.82, 2.24) is 9.88 Å². The zero-order chi connectivity index (χ0) is 21.7. The van der Waals surface area contributed by atoms with Crippen molar-refractivity contribution in [3.63, 3.8) is 0 Å². The van der Waals surface area contributed by atoms with E-state index in [0.29, 0.717) is 42.7 Å². The summed E-state index contributed by atoms with van der Waals surface area (Å²) in [6, 6.07) is 6.86. The second kappa shape index (κ2) is 9.59. The van der Waals surface area contributed by atoms with Gasteiger partial charge in [-0.2, -0.15) is 0 Å². The van der Waals surface area contributed by atoms with Crippen molar-refractivity contribution in [2.24, 2.45) is 0 Å². The van der Waals surface area contributed by atoms with E-state index in [9.17, 15) is 19.8 Å². The number of carbonyl (C=O) groups excluding carboxylic acids is 1. The number of aliphatic hydroxyl groups excluding tert-OH is 1. The number of carbonyl (C=O) groups is 1. The maximum absolute atomic E-state index is 13.2. The third-order valence-corrected chi connectivity index (χ3v) is 5.81. The van der Waals surface area contributed by atoms with Crippen LogP contribution in [0, 0.1) is 0 Å². The van der Waals surface area contributed by atoms with Crippen LogP contribution in [0.3, 0.4) is 0 Å². The van der Waals surface area contributed by atoms with E-state index in [-0.39, 0.29) is 12.1 Å². The molecule has 30 heavy (non-hydrogen) atoms. The average Bonchev–Trinajstić information content (AvgIpc) is 2.75. The zero-order valence-corrected chi connectivity index (χ0v) is 17.5. The fourth-order valence-electron chi connectivity index (χ4n) is 4.09. The first-order valence-electron chi connectivity index (χ1n) is 10.4. The summed E-state index contributed by atoms with van der Waals surface area (Å²) in [6.07, 6.45) is 1.78. The molecule has 1 fully saturated rings. The largest absolute Gasteiger partial charge is 0.497 e. The lowest BCUT2D eigenvalue weighted by molar-refractivity contribution is -0.116. The van der Waals surface area contributed by atoms with Gasteiger partial charge in [0.05, 0.1) is 24.8 Å². The fourth-order valence-corrected chi connectivity index (χ4v) is 4.09. The normalized spacial score (nSPS) is 16.0. The fraction of sp³-hybridized carbons (Fsp3) is 0.545. The first-order chi connectivity index (χ1) is 14.4. The van der Waals surface area contributed by atoms with Crippen LogP contribution in [-0.2, 0) is 11.3 Å². The summed E-state index contributed by atoms with van der Waals surface area (Å²) in [4.78, 5) is 26.3. The van der Waals surface area contributed by atoms with Gasteiger partial charge in [0, 0.05) is 19.2 Å². The van der Waals surface area contributed by atoms with E-state index in [1.807, 2.05) is 6.92 Å². The van der Waals surface area contributed by atoms with Gasteiger partial charge in [-0.15, -0.1) is 0 Å². The van der Waals surface area contributed by atoms with E-state index in [0.717, 1.165) is 19.3 Å². The van der Waals surface area contributed by atoms with Gasteiger partial charge < -0.3 is 29.6 Å². The SMILES string of the molecule is CCOCCn1c(=O)c(C(=O)NC2(C(O)O)CCCCC2)cc2ccc(OC)cc21. The summed E-state index contributed by atoms with van der Waals surface area (Å²) >= 11 is 0. The van der Waals surface area contributed by atoms with Crippen LogP contribution in [0.2, 0.25) is 0 Å². The standard InChI is InChI=1S/C22H30N2O6/c1-3-30-12-11-24-18-14-16(29-2)8-7-15(18)13-17(20(24)26)19(25)23-22(21(27)28)9-5-4-6-10-22/h7-8,13-14,21,27-28H,3-6,9-12H2,1-2H3,(H,23,25). The molecule has 1 aromatic heterocycles. The van der Waals surface area contributed by atoms with E-state index in [1.165, 1.54) is 4.57 Å². The molecule has 0 unspecified atom stereocenters. The number of pyridine rings is 1.